The van der Waals surface area contributed by atoms with Crippen LogP contribution in [0.4, 0.5) is 4.39 Å². The van der Waals surface area contributed by atoms with Crippen LogP contribution in [-0.4, -0.2) is 24.2 Å². The summed E-state index contributed by atoms with van der Waals surface area (Å²) in [6.45, 7) is 1.89. The smallest absolute Gasteiger partial charge is 0.338 e. The number of rotatable bonds is 5. The highest BCUT2D eigenvalue weighted by Gasteiger charge is 2.15. The highest BCUT2D eigenvalue weighted by Crippen LogP contribution is 2.14. The van der Waals surface area contributed by atoms with Crippen LogP contribution in [0, 0.1) is 5.82 Å². The van der Waals surface area contributed by atoms with Crippen molar-refractivity contribution in [2.75, 3.05) is 12.5 Å². The van der Waals surface area contributed by atoms with Crippen LogP contribution in [0.15, 0.2) is 18.2 Å². The van der Waals surface area contributed by atoms with E-state index in [9.17, 15) is 14.0 Å². The molecule has 17 heavy (non-hydrogen) atoms. The molecule has 0 saturated carbocycles. The van der Waals surface area contributed by atoms with E-state index in [0.29, 0.717) is 0 Å². The Morgan fingerprint density at radius 1 is 1.41 bits per heavy atom. The van der Waals surface area contributed by atoms with Crippen molar-refractivity contribution >= 4 is 23.4 Å². The van der Waals surface area contributed by atoms with E-state index in [-0.39, 0.29) is 30.0 Å². The summed E-state index contributed by atoms with van der Waals surface area (Å²) >= 11 is 5.42. The molecule has 1 aromatic rings. The minimum Gasteiger partial charge on any atom is -0.462 e. The topological polar surface area (TPSA) is 43.4 Å². The number of alkyl halides is 1. The first-order chi connectivity index (χ1) is 8.10. The van der Waals surface area contributed by atoms with E-state index < -0.39 is 17.6 Å². The zero-order valence-corrected chi connectivity index (χ0v) is 10.1. The fourth-order valence-corrected chi connectivity index (χ4v) is 1.47. The normalized spacial score (nSPS) is 10.1. The van der Waals surface area contributed by atoms with Crippen LogP contribution in [-0.2, 0) is 4.74 Å². The molecule has 0 fully saturated rings. The van der Waals surface area contributed by atoms with Crippen molar-refractivity contribution in [3.8, 4) is 0 Å². The van der Waals surface area contributed by atoms with Crippen molar-refractivity contribution in [2.24, 2.45) is 0 Å². The first-order valence-corrected chi connectivity index (χ1v) is 5.69. The number of carbonyl (C=O) groups is 2. The maximum Gasteiger partial charge on any atom is 0.338 e. The first-order valence-electron chi connectivity index (χ1n) is 5.16. The van der Waals surface area contributed by atoms with E-state index in [1.165, 1.54) is 12.1 Å². The molecule has 0 aromatic heterocycles. The largest absolute Gasteiger partial charge is 0.462 e. The van der Waals surface area contributed by atoms with Crippen LogP contribution < -0.4 is 0 Å². The predicted molar refractivity (Wildman–Crippen MR) is 62.0 cm³/mol. The van der Waals surface area contributed by atoms with Gasteiger partial charge in [-0.05, 0) is 25.1 Å². The molecule has 0 aliphatic carbocycles. The molecule has 92 valence electrons. The lowest BCUT2D eigenvalue weighted by atomic mass is 10.0. The summed E-state index contributed by atoms with van der Waals surface area (Å²) in [7, 11) is 0. The Balaban J connectivity index is 3.02. The zero-order valence-electron chi connectivity index (χ0n) is 9.33. The number of hydrogen-bond acceptors (Lipinski definition) is 3. The minimum atomic E-state index is -0.659. The van der Waals surface area contributed by atoms with Gasteiger partial charge in [-0.25, -0.2) is 9.18 Å². The molecule has 0 atom stereocenters. The lowest BCUT2D eigenvalue weighted by Gasteiger charge is -2.05. The molecule has 3 nitrogen and oxygen atoms in total. The second kappa shape index (κ2) is 6.35. The Labute approximate surface area is 104 Å². The third-order valence-corrected chi connectivity index (χ3v) is 2.29. The molecule has 0 spiro atoms. The molecule has 1 aromatic carbocycles. The standard InChI is InChI=1S/C12H12ClFO3/c1-2-17-12(16)8-3-4-10(14)9(7-8)11(15)5-6-13/h3-4,7H,2,5-6H2,1H3. The molecule has 0 saturated heterocycles. The van der Waals surface area contributed by atoms with Gasteiger partial charge < -0.3 is 4.74 Å². The van der Waals surface area contributed by atoms with E-state index in [4.69, 9.17) is 16.3 Å². The van der Waals surface area contributed by atoms with Gasteiger partial charge in [-0.15, -0.1) is 11.6 Å². The number of benzene rings is 1. The lowest BCUT2D eigenvalue weighted by molar-refractivity contribution is 0.0526. The fraction of sp³-hybridized carbons (Fsp3) is 0.333. The molecule has 0 heterocycles. The summed E-state index contributed by atoms with van der Waals surface area (Å²) in [6, 6.07) is 3.56. The quantitative estimate of drug-likeness (QED) is 0.463. The maximum atomic E-state index is 13.4. The maximum absolute atomic E-state index is 13.4. The van der Waals surface area contributed by atoms with E-state index in [0.717, 1.165) is 6.07 Å². The van der Waals surface area contributed by atoms with Crippen LogP contribution in [0.25, 0.3) is 0 Å². The number of ketones is 1. The summed E-state index contributed by atoms with van der Waals surface area (Å²) in [6.07, 6.45) is 0.0325. The van der Waals surface area contributed by atoms with Gasteiger partial charge >= 0.3 is 5.97 Å². The molecule has 0 aliphatic heterocycles. The Kier molecular flexibility index (Phi) is 5.10. The highest BCUT2D eigenvalue weighted by atomic mass is 35.5. The number of hydrogen-bond donors (Lipinski definition) is 0. The first kappa shape index (κ1) is 13.6. The molecule has 0 aliphatic rings. The monoisotopic (exact) mass is 258 g/mol. The van der Waals surface area contributed by atoms with Crippen molar-refractivity contribution < 1.29 is 18.7 Å². The SMILES string of the molecule is CCOC(=O)c1ccc(F)c(C(=O)CCCl)c1. The molecule has 0 bridgehead atoms. The van der Waals surface area contributed by atoms with Gasteiger partial charge in [-0.1, -0.05) is 0 Å². The third-order valence-electron chi connectivity index (χ3n) is 2.10. The van der Waals surface area contributed by atoms with Crippen molar-refractivity contribution in [3.63, 3.8) is 0 Å². The minimum absolute atomic E-state index is 0.0325. The molecular formula is C12H12ClFO3. The van der Waals surface area contributed by atoms with Crippen LogP contribution in [0.3, 0.4) is 0 Å². The Hall–Kier alpha value is -1.42. The Morgan fingerprint density at radius 3 is 2.71 bits per heavy atom. The molecule has 1 rings (SSSR count). The van der Waals surface area contributed by atoms with Gasteiger partial charge in [0.25, 0.3) is 0 Å². The molecule has 0 N–H and O–H groups in total. The van der Waals surface area contributed by atoms with Crippen molar-refractivity contribution in [2.45, 2.75) is 13.3 Å². The Bertz CT molecular complexity index is 432. The van der Waals surface area contributed by atoms with Gasteiger partial charge in [0, 0.05) is 12.3 Å². The van der Waals surface area contributed by atoms with E-state index in [1.807, 2.05) is 0 Å². The second-order valence-electron chi connectivity index (χ2n) is 3.28. The number of ether oxygens (including phenoxy) is 1. The van der Waals surface area contributed by atoms with Crippen LogP contribution in [0.1, 0.15) is 34.1 Å². The zero-order chi connectivity index (χ0) is 12.8. The molecule has 0 unspecified atom stereocenters. The summed E-state index contributed by atoms with van der Waals surface area (Å²) in [5.41, 5.74) is 0.0300. The molecule has 0 radical (unpaired) electrons. The molecular weight excluding hydrogens is 247 g/mol. The fourth-order valence-electron chi connectivity index (χ4n) is 1.30. The lowest BCUT2D eigenvalue weighted by Crippen LogP contribution is -2.09. The summed E-state index contributed by atoms with van der Waals surface area (Å²) in [4.78, 5) is 22.9. The average molecular weight is 259 g/mol. The van der Waals surface area contributed by atoms with E-state index >= 15 is 0 Å². The number of carbonyl (C=O) groups excluding carboxylic acids is 2. The van der Waals surface area contributed by atoms with E-state index in [1.54, 1.807) is 6.92 Å². The van der Waals surface area contributed by atoms with Crippen molar-refractivity contribution in [1.29, 1.82) is 0 Å². The van der Waals surface area contributed by atoms with Crippen LogP contribution in [0.5, 0.6) is 0 Å². The predicted octanol–water partition coefficient (Wildman–Crippen LogP) is 2.81. The molecule has 5 heteroatoms. The second-order valence-corrected chi connectivity index (χ2v) is 3.66. The van der Waals surface area contributed by atoms with Gasteiger partial charge in [0.05, 0.1) is 17.7 Å². The summed E-state index contributed by atoms with van der Waals surface area (Å²) < 4.78 is 18.1. The third kappa shape index (κ3) is 3.53. The van der Waals surface area contributed by atoms with Crippen molar-refractivity contribution in [1.82, 2.24) is 0 Å². The molecule has 0 amide bonds. The van der Waals surface area contributed by atoms with Gasteiger partial charge in [-0.2, -0.15) is 0 Å². The van der Waals surface area contributed by atoms with Gasteiger partial charge in [0.2, 0.25) is 0 Å². The number of halogens is 2. The summed E-state index contributed by atoms with van der Waals surface area (Å²) in [5.74, 6) is -1.55. The highest BCUT2D eigenvalue weighted by molar-refractivity contribution is 6.19. The van der Waals surface area contributed by atoms with Gasteiger partial charge in [0.15, 0.2) is 5.78 Å². The van der Waals surface area contributed by atoms with Crippen LogP contribution in [0.2, 0.25) is 0 Å². The van der Waals surface area contributed by atoms with Crippen LogP contribution >= 0.6 is 11.6 Å². The average Bonchev–Trinajstić information content (AvgIpc) is 2.30. The number of Topliss-reactive ketones (excluding diaryl/α,β-unsaturated/α-hetero) is 1. The Morgan fingerprint density at radius 2 is 2.12 bits per heavy atom. The van der Waals surface area contributed by atoms with Gasteiger partial charge in [0.1, 0.15) is 5.82 Å². The van der Waals surface area contributed by atoms with Gasteiger partial charge in [-0.3, -0.25) is 4.79 Å². The summed E-state index contributed by atoms with van der Waals surface area (Å²) in [5, 5.41) is 0. The number of esters is 1. The van der Waals surface area contributed by atoms with E-state index in [2.05, 4.69) is 0 Å². The van der Waals surface area contributed by atoms with Crippen molar-refractivity contribution in [3.05, 3.63) is 35.1 Å².